The van der Waals surface area contributed by atoms with Gasteiger partial charge in [-0.15, -0.1) is 0 Å². The van der Waals surface area contributed by atoms with Gasteiger partial charge in [0.25, 0.3) is 0 Å². The second kappa shape index (κ2) is 7.95. The standard InChI is InChI=1S/C16H24FNO/c1-12(2)18-10-6-7-13(3)11-14-8-5-9-15(19-4)16(14)17/h5,7-9,12,18H,6,10-11H2,1-4H3/b13-7+. The highest BCUT2D eigenvalue weighted by atomic mass is 19.1. The minimum atomic E-state index is -0.252. The first kappa shape index (κ1) is 15.7. The van der Waals surface area contributed by atoms with Crippen LogP contribution in [0.1, 0.15) is 32.8 Å². The summed E-state index contributed by atoms with van der Waals surface area (Å²) in [4.78, 5) is 0. The van der Waals surface area contributed by atoms with E-state index in [2.05, 4.69) is 25.2 Å². The Morgan fingerprint density at radius 1 is 1.42 bits per heavy atom. The van der Waals surface area contributed by atoms with Gasteiger partial charge in [-0.3, -0.25) is 0 Å². The third kappa shape index (κ3) is 5.43. The van der Waals surface area contributed by atoms with E-state index in [0.29, 0.717) is 23.8 Å². The van der Waals surface area contributed by atoms with Gasteiger partial charge in [-0.2, -0.15) is 0 Å². The highest BCUT2D eigenvalue weighted by Crippen LogP contribution is 2.22. The van der Waals surface area contributed by atoms with E-state index in [4.69, 9.17) is 4.74 Å². The Morgan fingerprint density at radius 3 is 2.79 bits per heavy atom. The van der Waals surface area contributed by atoms with Crippen molar-refractivity contribution in [3.8, 4) is 5.75 Å². The molecule has 19 heavy (non-hydrogen) atoms. The van der Waals surface area contributed by atoms with Gasteiger partial charge in [0.1, 0.15) is 0 Å². The van der Waals surface area contributed by atoms with Gasteiger partial charge in [0.15, 0.2) is 11.6 Å². The molecule has 1 N–H and O–H groups in total. The lowest BCUT2D eigenvalue weighted by molar-refractivity contribution is 0.384. The van der Waals surface area contributed by atoms with E-state index < -0.39 is 0 Å². The Balaban J connectivity index is 2.56. The van der Waals surface area contributed by atoms with Crippen molar-refractivity contribution in [2.24, 2.45) is 0 Å². The molecule has 3 heteroatoms. The first-order valence-corrected chi connectivity index (χ1v) is 6.75. The predicted molar refractivity (Wildman–Crippen MR) is 78.2 cm³/mol. The van der Waals surface area contributed by atoms with Gasteiger partial charge in [0, 0.05) is 6.04 Å². The maximum absolute atomic E-state index is 14.0. The van der Waals surface area contributed by atoms with Crippen LogP contribution in [0.3, 0.4) is 0 Å². The van der Waals surface area contributed by atoms with Crippen molar-refractivity contribution in [2.45, 2.75) is 39.7 Å². The van der Waals surface area contributed by atoms with Crippen LogP contribution in [-0.2, 0) is 6.42 Å². The van der Waals surface area contributed by atoms with E-state index >= 15 is 0 Å². The van der Waals surface area contributed by atoms with Gasteiger partial charge >= 0.3 is 0 Å². The summed E-state index contributed by atoms with van der Waals surface area (Å²) in [6, 6.07) is 5.78. The molecule has 0 bridgehead atoms. The number of hydrogen-bond donors (Lipinski definition) is 1. The SMILES string of the molecule is COc1cccc(C/C(C)=C/CCNC(C)C)c1F. The summed E-state index contributed by atoms with van der Waals surface area (Å²) < 4.78 is 19.0. The lowest BCUT2D eigenvalue weighted by atomic mass is 10.0. The van der Waals surface area contributed by atoms with Crippen LogP contribution in [0.5, 0.6) is 5.75 Å². The molecule has 106 valence electrons. The number of benzene rings is 1. The number of halogens is 1. The van der Waals surface area contributed by atoms with E-state index in [1.54, 1.807) is 6.07 Å². The Hall–Kier alpha value is -1.35. The van der Waals surface area contributed by atoms with Crippen LogP contribution in [0, 0.1) is 5.82 Å². The fourth-order valence-corrected chi connectivity index (χ4v) is 1.91. The molecule has 0 atom stereocenters. The monoisotopic (exact) mass is 265 g/mol. The number of methoxy groups -OCH3 is 1. The molecular formula is C16H24FNO. The molecule has 0 aliphatic heterocycles. The molecular weight excluding hydrogens is 241 g/mol. The smallest absolute Gasteiger partial charge is 0.168 e. The van der Waals surface area contributed by atoms with Crippen LogP contribution in [-0.4, -0.2) is 19.7 Å². The first-order valence-electron chi connectivity index (χ1n) is 6.75. The van der Waals surface area contributed by atoms with E-state index in [1.807, 2.05) is 19.1 Å². The molecule has 0 radical (unpaired) electrons. The average Bonchev–Trinajstić information content (AvgIpc) is 2.37. The molecule has 0 fully saturated rings. The fraction of sp³-hybridized carbons (Fsp3) is 0.500. The van der Waals surface area contributed by atoms with Crippen molar-refractivity contribution in [3.05, 3.63) is 41.2 Å². The van der Waals surface area contributed by atoms with Crippen molar-refractivity contribution in [3.63, 3.8) is 0 Å². The van der Waals surface area contributed by atoms with Crippen LogP contribution in [0.15, 0.2) is 29.8 Å². The Morgan fingerprint density at radius 2 is 2.16 bits per heavy atom. The van der Waals surface area contributed by atoms with Crippen LogP contribution >= 0.6 is 0 Å². The van der Waals surface area contributed by atoms with Crippen molar-refractivity contribution < 1.29 is 9.13 Å². The average molecular weight is 265 g/mol. The zero-order valence-corrected chi connectivity index (χ0v) is 12.3. The van der Waals surface area contributed by atoms with Gasteiger partial charge in [0.05, 0.1) is 7.11 Å². The summed E-state index contributed by atoms with van der Waals surface area (Å²) in [6.07, 6.45) is 3.76. The third-order valence-electron chi connectivity index (χ3n) is 2.92. The van der Waals surface area contributed by atoms with Crippen molar-refractivity contribution in [2.75, 3.05) is 13.7 Å². The van der Waals surface area contributed by atoms with Crippen molar-refractivity contribution in [1.29, 1.82) is 0 Å². The van der Waals surface area contributed by atoms with Gasteiger partial charge in [-0.1, -0.05) is 37.6 Å². The minimum Gasteiger partial charge on any atom is -0.494 e. The van der Waals surface area contributed by atoms with Gasteiger partial charge in [-0.25, -0.2) is 4.39 Å². The van der Waals surface area contributed by atoms with Crippen LogP contribution in [0.4, 0.5) is 4.39 Å². The van der Waals surface area contributed by atoms with E-state index in [9.17, 15) is 4.39 Å². The second-order valence-electron chi connectivity index (χ2n) is 5.06. The largest absolute Gasteiger partial charge is 0.494 e. The number of ether oxygens (including phenoxy) is 1. The molecule has 1 aromatic carbocycles. The van der Waals surface area contributed by atoms with Crippen LogP contribution < -0.4 is 10.1 Å². The van der Waals surface area contributed by atoms with Gasteiger partial charge in [0.2, 0.25) is 0 Å². The number of rotatable bonds is 7. The molecule has 1 aromatic rings. The molecule has 0 saturated heterocycles. The topological polar surface area (TPSA) is 21.3 Å². The molecule has 0 heterocycles. The van der Waals surface area contributed by atoms with Crippen molar-refractivity contribution >= 4 is 0 Å². The molecule has 0 amide bonds. The maximum Gasteiger partial charge on any atom is 0.168 e. The van der Waals surface area contributed by atoms with Crippen LogP contribution in [0.2, 0.25) is 0 Å². The van der Waals surface area contributed by atoms with Gasteiger partial charge < -0.3 is 10.1 Å². The highest BCUT2D eigenvalue weighted by Gasteiger charge is 2.08. The maximum atomic E-state index is 14.0. The molecule has 1 rings (SSSR count). The Labute approximate surface area is 115 Å². The third-order valence-corrected chi connectivity index (χ3v) is 2.92. The molecule has 0 unspecified atom stereocenters. The first-order chi connectivity index (χ1) is 9.04. The highest BCUT2D eigenvalue weighted by molar-refractivity contribution is 5.33. The quantitative estimate of drug-likeness (QED) is 0.599. The lowest BCUT2D eigenvalue weighted by Gasteiger charge is -2.08. The van der Waals surface area contributed by atoms with Gasteiger partial charge in [-0.05, 0) is 37.9 Å². The molecule has 0 aliphatic rings. The number of allylic oxidation sites excluding steroid dienone is 1. The summed E-state index contributed by atoms with van der Waals surface area (Å²) in [7, 11) is 1.49. The van der Waals surface area contributed by atoms with E-state index in [1.165, 1.54) is 12.7 Å². The van der Waals surface area contributed by atoms with Crippen LogP contribution in [0.25, 0.3) is 0 Å². The summed E-state index contributed by atoms with van der Waals surface area (Å²) in [5.74, 6) is 0.0600. The molecule has 0 aliphatic carbocycles. The lowest BCUT2D eigenvalue weighted by Crippen LogP contribution is -2.23. The number of hydrogen-bond acceptors (Lipinski definition) is 2. The molecule has 0 saturated carbocycles. The second-order valence-corrected chi connectivity index (χ2v) is 5.06. The van der Waals surface area contributed by atoms with E-state index in [0.717, 1.165) is 13.0 Å². The summed E-state index contributed by atoms with van der Waals surface area (Å²) in [6.45, 7) is 7.24. The zero-order valence-electron chi connectivity index (χ0n) is 12.3. The summed E-state index contributed by atoms with van der Waals surface area (Å²) in [5.41, 5.74) is 1.86. The van der Waals surface area contributed by atoms with E-state index in [-0.39, 0.29) is 5.82 Å². The molecule has 0 spiro atoms. The predicted octanol–water partition coefficient (Wildman–Crippen LogP) is 3.71. The number of nitrogens with one attached hydrogen (secondary N) is 1. The summed E-state index contributed by atoms with van der Waals surface area (Å²) >= 11 is 0. The minimum absolute atomic E-state index is 0.252. The summed E-state index contributed by atoms with van der Waals surface area (Å²) in [5, 5.41) is 3.36. The van der Waals surface area contributed by atoms with Crippen molar-refractivity contribution in [1.82, 2.24) is 5.32 Å². The Bertz CT molecular complexity index is 427. The zero-order chi connectivity index (χ0) is 14.3. The molecule has 0 aromatic heterocycles. The fourth-order valence-electron chi connectivity index (χ4n) is 1.91. The normalized spacial score (nSPS) is 12.0. The molecule has 2 nitrogen and oxygen atoms in total. The Kier molecular flexibility index (Phi) is 6.57.